The number of rotatable bonds is 3. The van der Waals surface area contributed by atoms with Crippen LogP contribution in [0.2, 0.25) is 0 Å². The molecule has 2 aromatic rings. The number of halogens is 1. The number of thiazole rings is 1. The lowest BCUT2D eigenvalue weighted by Gasteiger charge is -2.07. The second-order valence-corrected chi connectivity index (χ2v) is 5.11. The number of nitro benzene ring substituents is 1. The maximum atomic E-state index is 10.7. The van der Waals surface area contributed by atoms with E-state index in [2.05, 4.69) is 10.3 Å². The third-order valence-electron chi connectivity index (χ3n) is 2.84. The van der Waals surface area contributed by atoms with Crippen molar-refractivity contribution >= 4 is 39.6 Å². The minimum absolute atomic E-state index is 0. The molecule has 0 spiro atoms. The Kier molecular flexibility index (Phi) is 4.18. The van der Waals surface area contributed by atoms with Gasteiger partial charge in [0.15, 0.2) is 0 Å². The van der Waals surface area contributed by atoms with Crippen molar-refractivity contribution in [2.75, 3.05) is 13.1 Å². The largest absolute Gasteiger partial charge is 0.465 e. The third-order valence-corrected chi connectivity index (χ3v) is 3.77. The smallest absolute Gasteiger partial charge is 0.274 e. The summed E-state index contributed by atoms with van der Waals surface area (Å²) in [7, 11) is 0. The zero-order valence-electron chi connectivity index (χ0n) is 9.87. The highest BCUT2D eigenvalue weighted by molar-refractivity contribution is 7.20. The van der Waals surface area contributed by atoms with Crippen LogP contribution in [-0.4, -0.2) is 29.1 Å². The number of aromatic nitrogens is 1. The second-order valence-electron chi connectivity index (χ2n) is 4.12. The first-order valence-corrected chi connectivity index (χ1v) is 6.46. The Morgan fingerprint density at radius 2 is 2.37 bits per heavy atom. The highest BCUT2D eigenvalue weighted by atomic mass is 35.5. The van der Waals surface area contributed by atoms with Crippen molar-refractivity contribution in [2.24, 2.45) is 0 Å². The van der Waals surface area contributed by atoms with Crippen molar-refractivity contribution < 1.29 is 9.66 Å². The van der Waals surface area contributed by atoms with Gasteiger partial charge in [-0.25, -0.2) is 4.98 Å². The predicted molar refractivity (Wildman–Crippen MR) is 75.4 cm³/mol. The molecule has 1 N–H and O–H groups in total. The van der Waals surface area contributed by atoms with Gasteiger partial charge in [-0.1, -0.05) is 11.3 Å². The van der Waals surface area contributed by atoms with Crippen LogP contribution in [0.3, 0.4) is 0 Å². The lowest BCUT2D eigenvalue weighted by Crippen LogP contribution is -2.19. The number of ether oxygens (including phenoxy) is 1. The van der Waals surface area contributed by atoms with Gasteiger partial charge < -0.3 is 10.1 Å². The fraction of sp³-hybridized carbons (Fsp3) is 0.364. The summed E-state index contributed by atoms with van der Waals surface area (Å²) in [5.74, 6) is 0. The van der Waals surface area contributed by atoms with Gasteiger partial charge in [-0.2, -0.15) is 0 Å². The molecule has 0 aliphatic carbocycles. The first-order chi connectivity index (χ1) is 8.72. The average Bonchev–Trinajstić information content (AvgIpc) is 2.96. The lowest BCUT2D eigenvalue weighted by atomic mass is 10.3. The maximum Gasteiger partial charge on any atom is 0.274 e. The quantitative estimate of drug-likeness (QED) is 0.695. The van der Waals surface area contributed by atoms with E-state index in [9.17, 15) is 10.1 Å². The number of nitrogens with zero attached hydrogens (tertiary/aromatic N) is 2. The molecule has 3 rings (SSSR count). The number of benzene rings is 1. The van der Waals surface area contributed by atoms with E-state index in [0.717, 1.165) is 24.2 Å². The zero-order valence-corrected chi connectivity index (χ0v) is 11.5. The molecular formula is C11H12ClN3O3S. The summed E-state index contributed by atoms with van der Waals surface area (Å²) >= 11 is 1.42. The van der Waals surface area contributed by atoms with Crippen LogP contribution in [0.5, 0.6) is 5.19 Å². The Bertz CT molecular complexity index is 598. The van der Waals surface area contributed by atoms with Crippen molar-refractivity contribution in [3.05, 3.63) is 28.3 Å². The molecule has 1 aromatic carbocycles. The number of non-ortho nitro benzene ring substituents is 1. The molecule has 6 nitrogen and oxygen atoms in total. The molecule has 0 amide bonds. The Labute approximate surface area is 119 Å². The number of nitrogens with one attached hydrogen (secondary N) is 1. The third kappa shape index (κ3) is 2.94. The van der Waals surface area contributed by atoms with Crippen molar-refractivity contribution in [2.45, 2.75) is 12.5 Å². The van der Waals surface area contributed by atoms with Crippen molar-refractivity contribution in [1.82, 2.24) is 10.3 Å². The van der Waals surface area contributed by atoms with Gasteiger partial charge in [0.25, 0.3) is 10.9 Å². The number of hydrogen-bond donors (Lipinski definition) is 1. The second kappa shape index (κ2) is 5.68. The van der Waals surface area contributed by atoms with Gasteiger partial charge in [-0.15, -0.1) is 12.4 Å². The van der Waals surface area contributed by atoms with E-state index in [4.69, 9.17) is 4.74 Å². The van der Waals surface area contributed by atoms with Gasteiger partial charge in [0.1, 0.15) is 6.10 Å². The molecule has 102 valence electrons. The molecule has 8 heteroatoms. The molecule has 19 heavy (non-hydrogen) atoms. The summed E-state index contributed by atoms with van der Waals surface area (Å²) in [5, 5.41) is 14.5. The highest BCUT2D eigenvalue weighted by Gasteiger charge is 2.18. The van der Waals surface area contributed by atoms with Gasteiger partial charge >= 0.3 is 0 Å². The van der Waals surface area contributed by atoms with Crippen molar-refractivity contribution in [3.63, 3.8) is 0 Å². The lowest BCUT2D eigenvalue weighted by molar-refractivity contribution is -0.384. The van der Waals surface area contributed by atoms with E-state index in [-0.39, 0.29) is 24.2 Å². The normalized spacial score (nSPS) is 18.2. The minimum atomic E-state index is -0.416. The Hall–Kier alpha value is -1.44. The van der Waals surface area contributed by atoms with Crippen molar-refractivity contribution in [3.8, 4) is 5.19 Å². The van der Waals surface area contributed by atoms with Crippen LogP contribution < -0.4 is 10.1 Å². The monoisotopic (exact) mass is 301 g/mol. The van der Waals surface area contributed by atoms with Crippen molar-refractivity contribution in [1.29, 1.82) is 0 Å². The Balaban J connectivity index is 0.00000133. The number of nitro groups is 1. The first kappa shape index (κ1) is 14.0. The molecule has 0 saturated carbocycles. The topological polar surface area (TPSA) is 77.3 Å². The average molecular weight is 302 g/mol. The molecule has 1 aromatic heterocycles. The molecule has 1 saturated heterocycles. The molecule has 0 radical (unpaired) electrons. The van der Waals surface area contributed by atoms with E-state index in [1.54, 1.807) is 6.07 Å². The first-order valence-electron chi connectivity index (χ1n) is 5.65. The van der Waals surface area contributed by atoms with Gasteiger partial charge in [0.2, 0.25) is 0 Å². The zero-order chi connectivity index (χ0) is 12.5. The van der Waals surface area contributed by atoms with Gasteiger partial charge in [-0.05, 0) is 19.0 Å². The van der Waals surface area contributed by atoms with Gasteiger partial charge in [-0.3, -0.25) is 10.1 Å². The van der Waals surface area contributed by atoms with Gasteiger partial charge in [0.05, 0.1) is 15.1 Å². The number of fused-ring (bicyclic) bond motifs is 1. The SMILES string of the molecule is Cl.O=[N+]([O-])c1ccc2sc(O[C@H]3CCNC3)nc2c1. The van der Waals surface area contributed by atoms with E-state index in [0.29, 0.717) is 10.7 Å². The summed E-state index contributed by atoms with van der Waals surface area (Å²) in [6.07, 6.45) is 1.12. The van der Waals surface area contributed by atoms with E-state index < -0.39 is 4.92 Å². The van der Waals surface area contributed by atoms with Crippen LogP contribution in [-0.2, 0) is 0 Å². The van der Waals surface area contributed by atoms with E-state index in [1.807, 2.05) is 0 Å². The van der Waals surface area contributed by atoms with Crippen LogP contribution in [0.4, 0.5) is 5.69 Å². The van der Waals surface area contributed by atoms with Crippen LogP contribution >= 0.6 is 23.7 Å². The summed E-state index contributed by atoms with van der Waals surface area (Å²) in [4.78, 5) is 14.5. The molecule has 1 fully saturated rings. The van der Waals surface area contributed by atoms with Crippen LogP contribution in [0, 0.1) is 10.1 Å². The fourth-order valence-electron chi connectivity index (χ4n) is 1.93. The maximum absolute atomic E-state index is 10.7. The Morgan fingerprint density at radius 3 is 3.05 bits per heavy atom. The Morgan fingerprint density at radius 1 is 1.53 bits per heavy atom. The molecule has 0 unspecified atom stereocenters. The summed E-state index contributed by atoms with van der Waals surface area (Å²) in [6, 6.07) is 4.68. The molecule has 2 heterocycles. The summed E-state index contributed by atoms with van der Waals surface area (Å²) in [6.45, 7) is 1.79. The van der Waals surface area contributed by atoms with Crippen LogP contribution in [0.25, 0.3) is 10.2 Å². The number of hydrogen-bond acceptors (Lipinski definition) is 6. The summed E-state index contributed by atoms with van der Waals surface area (Å²) < 4.78 is 6.64. The molecule has 1 aliphatic heterocycles. The predicted octanol–water partition coefficient (Wildman–Crippen LogP) is 2.37. The fourth-order valence-corrected chi connectivity index (χ4v) is 2.79. The highest BCUT2D eigenvalue weighted by Crippen LogP contribution is 2.31. The molecular weight excluding hydrogens is 290 g/mol. The standard InChI is InChI=1S/C11H11N3O3S.ClH/c15-14(16)7-1-2-10-9(5-7)13-11(18-10)17-8-3-4-12-6-8;/h1-2,5,8,12H,3-4,6H2;1H/t8-;/m0./s1. The molecule has 1 aliphatic rings. The molecule has 0 bridgehead atoms. The minimum Gasteiger partial charge on any atom is -0.465 e. The molecule has 1 atom stereocenters. The van der Waals surface area contributed by atoms with E-state index in [1.165, 1.54) is 23.5 Å². The van der Waals surface area contributed by atoms with E-state index >= 15 is 0 Å². The van der Waals surface area contributed by atoms with Crippen LogP contribution in [0.1, 0.15) is 6.42 Å². The van der Waals surface area contributed by atoms with Crippen LogP contribution in [0.15, 0.2) is 18.2 Å². The van der Waals surface area contributed by atoms with Gasteiger partial charge in [0, 0.05) is 18.7 Å². The summed E-state index contributed by atoms with van der Waals surface area (Å²) in [5.41, 5.74) is 0.678.